The molecule has 88 valence electrons. The van der Waals surface area contributed by atoms with E-state index in [2.05, 4.69) is 11.3 Å². The minimum absolute atomic E-state index is 0.260. The summed E-state index contributed by atoms with van der Waals surface area (Å²) in [4.78, 5) is 0. The average Bonchev–Trinajstić information content (AvgIpc) is 2.16. The van der Waals surface area contributed by atoms with Gasteiger partial charge < -0.3 is 10.5 Å². The number of benzene rings is 1. The molecular weight excluding hydrogens is 219 g/mol. The first-order chi connectivity index (χ1) is 7.42. The molecule has 0 aliphatic heterocycles. The Morgan fingerprint density at radius 1 is 1.44 bits per heavy atom. The van der Waals surface area contributed by atoms with Crippen molar-refractivity contribution in [1.82, 2.24) is 0 Å². The van der Waals surface area contributed by atoms with Crippen LogP contribution in [-0.4, -0.2) is 6.36 Å². The summed E-state index contributed by atoms with van der Waals surface area (Å²) in [7, 11) is 0. The first-order valence-electron chi connectivity index (χ1n) is 4.64. The SMILES string of the molecule is C=CC[C@@H](N)c1cccc(OC(F)(F)F)c1. The molecule has 0 unspecified atom stereocenters. The highest BCUT2D eigenvalue weighted by atomic mass is 19.4. The fraction of sp³-hybridized carbons (Fsp3) is 0.273. The second-order valence-corrected chi connectivity index (χ2v) is 3.25. The summed E-state index contributed by atoms with van der Waals surface area (Å²) < 4.78 is 39.6. The molecule has 0 aliphatic carbocycles. The Bertz CT molecular complexity index is 362. The highest BCUT2D eigenvalue weighted by molar-refractivity contribution is 5.30. The predicted molar refractivity (Wildman–Crippen MR) is 54.9 cm³/mol. The van der Waals surface area contributed by atoms with E-state index in [4.69, 9.17) is 5.73 Å². The van der Waals surface area contributed by atoms with E-state index in [9.17, 15) is 13.2 Å². The summed E-state index contributed by atoms with van der Waals surface area (Å²) in [5.74, 6) is -0.260. The van der Waals surface area contributed by atoms with Crippen molar-refractivity contribution in [3.05, 3.63) is 42.5 Å². The van der Waals surface area contributed by atoms with Crippen LogP contribution in [0, 0.1) is 0 Å². The smallest absolute Gasteiger partial charge is 0.406 e. The molecule has 0 aliphatic rings. The molecule has 1 rings (SSSR count). The molecule has 0 radical (unpaired) electrons. The lowest BCUT2D eigenvalue weighted by Gasteiger charge is -2.13. The van der Waals surface area contributed by atoms with Gasteiger partial charge in [0.15, 0.2) is 0 Å². The summed E-state index contributed by atoms with van der Waals surface area (Å²) >= 11 is 0. The van der Waals surface area contributed by atoms with Crippen molar-refractivity contribution in [3.63, 3.8) is 0 Å². The summed E-state index contributed by atoms with van der Waals surface area (Å²) in [6, 6.07) is 5.27. The third kappa shape index (κ3) is 3.94. The third-order valence-electron chi connectivity index (χ3n) is 1.94. The van der Waals surface area contributed by atoms with Crippen molar-refractivity contribution >= 4 is 0 Å². The molecule has 2 nitrogen and oxygen atoms in total. The second-order valence-electron chi connectivity index (χ2n) is 3.25. The molecule has 0 fully saturated rings. The van der Waals surface area contributed by atoms with Gasteiger partial charge >= 0.3 is 6.36 Å². The number of halogens is 3. The number of hydrogen-bond acceptors (Lipinski definition) is 2. The second kappa shape index (κ2) is 5.03. The van der Waals surface area contributed by atoms with Crippen LogP contribution in [0.4, 0.5) is 13.2 Å². The zero-order valence-electron chi connectivity index (χ0n) is 8.50. The quantitative estimate of drug-likeness (QED) is 0.808. The number of rotatable bonds is 4. The molecule has 0 saturated heterocycles. The van der Waals surface area contributed by atoms with Crippen molar-refractivity contribution in [2.24, 2.45) is 5.73 Å². The van der Waals surface area contributed by atoms with Gasteiger partial charge in [-0.05, 0) is 24.1 Å². The lowest BCUT2D eigenvalue weighted by atomic mass is 10.0. The van der Waals surface area contributed by atoms with Gasteiger partial charge in [-0.3, -0.25) is 0 Å². The van der Waals surface area contributed by atoms with Crippen molar-refractivity contribution < 1.29 is 17.9 Å². The number of hydrogen-bond donors (Lipinski definition) is 1. The van der Waals surface area contributed by atoms with E-state index in [0.717, 1.165) is 0 Å². The summed E-state index contributed by atoms with van der Waals surface area (Å²) in [6.07, 6.45) is -2.57. The fourth-order valence-corrected chi connectivity index (χ4v) is 1.26. The Balaban J connectivity index is 2.82. The summed E-state index contributed by atoms with van der Waals surface area (Å²) in [5, 5.41) is 0. The predicted octanol–water partition coefficient (Wildman–Crippen LogP) is 3.16. The summed E-state index contributed by atoms with van der Waals surface area (Å²) in [5.41, 5.74) is 6.31. The molecule has 1 aromatic rings. The van der Waals surface area contributed by atoms with Gasteiger partial charge in [0, 0.05) is 6.04 Å². The Morgan fingerprint density at radius 3 is 2.69 bits per heavy atom. The van der Waals surface area contributed by atoms with E-state index in [0.29, 0.717) is 12.0 Å². The van der Waals surface area contributed by atoms with Gasteiger partial charge in [0.05, 0.1) is 0 Å². The Hall–Kier alpha value is -1.49. The lowest BCUT2D eigenvalue weighted by molar-refractivity contribution is -0.274. The van der Waals surface area contributed by atoms with Gasteiger partial charge in [-0.25, -0.2) is 0 Å². The molecule has 16 heavy (non-hydrogen) atoms. The number of nitrogens with two attached hydrogens (primary N) is 1. The van der Waals surface area contributed by atoms with Crippen LogP contribution < -0.4 is 10.5 Å². The van der Waals surface area contributed by atoms with E-state index in [1.165, 1.54) is 18.2 Å². The molecule has 2 N–H and O–H groups in total. The van der Waals surface area contributed by atoms with Gasteiger partial charge in [0.1, 0.15) is 5.75 Å². The zero-order chi connectivity index (χ0) is 12.2. The van der Waals surface area contributed by atoms with Gasteiger partial charge in [0.2, 0.25) is 0 Å². The Kier molecular flexibility index (Phi) is 3.95. The van der Waals surface area contributed by atoms with Crippen LogP contribution in [0.15, 0.2) is 36.9 Å². The Morgan fingerprint density at radius 2 is 2.12 bits per heavy atom. The largest absolute Gasteiger partial charge is 0.573 e. The van der Waals surface area contributed by atoms with Gasteiger partial charge in [-0.1, -0.05) is 18.2 Å². The molecule has 0 spiro atoms. The van der Waals surface area contributed by atoms with Crippen LogP contribution in [0.1, 0.15) is 18.0 Å². The van der Waals surface area contributed by atoms with Crippen LogP contribution >= 0.6 is 0 Å². The standard InChI is InChI=1S/C11H12F3NO/c1-2-4-10(15)8-5-3-6-9(7-8)16-11(12,13)14/h2-3,5-7,10H,1,4,15H2/t10-/m1/s1. The van der Waals surface area contributed by atoms with Gasteiger partial charge in [0.25, 0.3) is 0 Å². The van der Waals surface area contributed by atoms with E-state index in [1.54, 1.807) is 12.1 Å². The molecule has 5 heteroatoms. The van der Waals surface area contributed by atoms with E-state index >= 15 is 0 Å². The molecule has 0 amide bonds. The normalized spacial score (nSPS) is 13.2. The van der Waals surface area contributed by atoms with Crippen molar-refractivity contribution in [3.8, 4) is 5.75 Å². The highest BCUT2D eigenvalue weighted by Crippen LogP contribution is 2.25. The van der Waals surface area contributed by atoms with E-state index < -0.39 is 6.36 Å². The maximum absolute atomic E-state index is 12.0. The van der Waals surface area contributed by atoms with E-state index in [-0.39, 0.29) is 11.8 Å². The summed E-state index contributed by atoms with van der Waals surface area (Å²) in [6.45, 7) is 3.52. The third-order valence-corrected chi connectivity index (χ3v) is 1.94. The Labute approximate surface area is 91.5 Å². The van der Waals surface area contributed by atoms with Crippen molar-refractivity contribution in [2.75, 3.05) is 0 Å². The number of alkyl halides is 3. The topological polar surface area (TPSA) is 35.2 Å². The van der Waals surface area contributed by atoms with E-state index in [1.807, 2.05) is 0 Å². The van der Waals surface area contributed by atoms with Crippen LogP contribution in [0.3, 0.4) is 0 Å². The van der Waals surface area contributed by atoms with Crippen LogP contribution in [0.25, 0.3) is 0 Å². The maximum Gasteiger partial charge on any atom is 0.573 e. The highest BCUT2D eigenvalue weighted by Gasteiger charge is 2.31. The van der Waals surface area contributed by atoms with Crippen LogP contribution in [0.5, 0.6) is 5.75 Å². The monoisotopic (exact) mass is 231 g/mol. The number of ether oxygens (including phenoxy) is 1. The first-order valence-corrected chi connectivity index (χ1v) is 4.64. The van der Waals surface area contributed by atoms with Gasteiger partial charge in [-0.15, -0.1) is 19.8 Å². The van der Waals surface area contributed by atoms with Crippen LogP contribution in [0.2, 0.25) is 0 Å². The fourth-order valence-electron chi connectivity index (χ4n) is 1.26. The van der Waals surface area contributed by atoms with Crippen LogP contribution in [-0.2, 0) is 0 Å². The minimum Gasteiger partial charge on any atom is -0.406 e. The molecule has 1 aromatic carbocycles. The maximum atomic E-state index is 12.0. The van der Waals surface area contributed by atoms with Gasteiger partial charge in [-0.2, -0.15) is 0 Å². The minimum atomic E-state index is -4.68. The molecule has 0 bridgehead atoms. The zero-order valence-corrected chi connectivity index (χ0v) is 8.50. The van der Waals surface area contributed by atoms with Crippen molar-refractivity contribution in [2.45, 2.75) is 18.8 Å². The molecule has 0 heterocycles. The van der Waals surface area contributed by atoms with Crippen molar-refractivity contribution in [1.29, 1.82) is 0 Å². The average molecular weight is 231 g/mol. The first kappa shape index (κ1) is 12.6. The molecule has 0 saturated carbocycles. The molecule has 1 atom stereocenters. The molecular formula is C11H12F3NO. The molecule has 0 aromatic heterocycles. The lowest BCUT2D eigenvalue weighted by Crippen LogP contribution is -2.17.